The largest absolute Gasteiger partial charge is 0.497 e. The number of fused-ring (bicyclic) bond motifs is 1. The molecular formula is C24H28N2O4. The van der Waals surface area contributed by atoms with Crippen molar-refractivity contribution in [1.29, 1.82) is 0 Å². The number of ether oxygens (including phenoxy) is 2. The number of furan rings is 1. The molecule has 2 aromatic carbocycles. The van der Waals surface area contributed by atoms with E-state index in [0.29, 0.717) is 29.2 Å². The fourth-order valence-corrected chi connectivity index (χ4v) is 4.01. The lowest BCUT2D eigenvalue weighted by molar-refractivity contribution is -0.0212. The van der Waals surface area contributed by atoms with Gasteiger partial charge in [-0.25, -0.2) is 0 Å². The highest BCUT2D eigenvalue weighted by Gasteiger charge is 2.19. The molecule has 2 heterocycles. The number of benzene rings is 2. The minimum Gasteiger partial charge on any atom is -0.497 e. The number of morpholine rings is 1. The third kappa shape index (κ3) is 4.50. The first-order chi connectivity index (χ1) is 14.5. The predicted octanol–water partition coefficient (Wildman–Crippen LogP) is 3.90. The van der Waals surface area contributed by atoms with Gasteiger partial charge in [0, 0.05) is 31.6 Å². The molecule has 0 bridgehead atoms. The van der Waals surface area contributed by atoms with Gasteiger partial charge in [-0.2, -0.15) is 0 Å². The fraction of sp³-hybridized carbons (Fsp3) is 0.375. The minimum absolute atomic E-state index is 0.146. The smallest absolute Gasteiger partial charge is 0.255 e. The molecule has 1 atom stereocenters. The van der Waals surface area contributed by atoms with Gasteiger partial charge in [0.15, 0.2) is 0 Å². The quantitative estimate of drug-likeness (QED) is 0.670. The molecule has 1 amide bonds. The Labute approximate surface area is 176 Å². The van der Waals surface area contributed by atoms with E-state index in [-0.39, 0.29) is 12.0 Å². The molecule has 1 aliphatic rings. The molecule has 1 fully saturated rings. The maximum absolute atomic E-state index is 12.9. The van der Waals surface area contributed by atoms with Gasteiger partial charge in [-0.3, -0.25) is 9.69 Å². The van der Waals surface area contributed by atoms with Crippen LogP contribution in [-0.2, 0) is 17.8 Å². The van der Waals surface area contributed by atoms with Crippen molar-refractivity contribution < 1.29 is 18.7 Å². The van der Waals surface area contributed by atoms with Crippen LogP contribution in [0.2, 0.25) is 0 Å². The minimum atomic E-state index is -0.146. The first-order valence-corrected chi connectivity index (χ1v) is 10.3. The number of amides is 1. The lowest BCUT2D eigenvalue weighted by Crippen LogP contribution is -2.40. The lowest BCUT2D eigenvalue weighted by atomic mass is 10.1. The van der Waals surface area contributed by atoms with Gasteiger partial charge in [-0.05, 0) is 43.2 Å². The van der Waals surface area contributed by atoms with E-state index in [0.717, 1.165) is 37.2 Å². The summed E-state index contributed by atoms with van der Waals surface area (Å²) in [7, 11) is 1.61. The summed E-state index contributed by atoms with van der Waals surface area (Å²) in [5.74, 6) is 1.15. The molecule has 158 valence electrons. The average Bonchev–Trinajstić information content (AvgIpc) is 3.07. The van der Waals surface area contributed by atoms with Crippen LogP contribution in [0.5, 0.6) is 5.75 Å². The van der Waals surface area contributed by atoms with Crippen LogP contribution >= 0.6 is 0 Å². The molecular weight excluding hydrogens is 380 g/mol. The lowest BCUT2D eigenvalue weighted by Gasteiger charge is -2.31. The zero-order valence-corrected chi connectivity index (χ0v) is 17.7. The summed E-state index contributed by atoms with van der Waals surface area (Å²) >= 11 is 0. The van der Waals surface area contributed by atoms with Crippen molar-refractivity contribution in [1.82, 2.24) is 10.2 Å². The SMILES string of the molecule is COc1ccc2oc(C)c(C(=O)NCc3cccc(CN4CCOC(C)C4)c3)c2c1. The molecule has 0 saturated carbocycles. The number of carbonyl (C=O) groups is 1. The van der Waals surface area contributed by atoms with E-state index < -0.39 is 0 Å². The Kier molecular flexibility index (Phi) is 6.06. The third-order valence-corrected chi connectivity index (χ3v) is 5.47. The molecule has 1 aromatic heterocycles. The molecule has 0 radical (unpaired) electrons. The second-order valence-electron chi connectivity index (χ2n) is 7.81. The monoisotopic (exact) mass is 408 g/mol. The number of hydrogen-bond acceptors (Lipinski definition) is 5. The van der Waals surface area contributed by atoms with Crippen LogP contribution in [-0.4, -0.2) is 43.7 Å². The molecule has 6 nitrogen and oxygen atoms in total. The maximum Gasteiger partial charge on any atom is 0.255 e. The summed E-state index contributed by atoms with van der Waals surface area (Å²) < 4.78 is 16.7. The van der Waals surface area contributed by atoms with Crippen molar-refractivity contribution in [3.8, 4) is 5.75 Å². The number of hydrogen-bond donors (Lipinski definition) is 1. The Hall–Kier alpha value is -2.83. The Bertz CT molecular complexity index is 1040. The first-order valence-electron chi connectivity index (χ1n) is 10.3. The van der Waals surface area contributed by atoms with Crippen molar-refractivity contribution in [2.75, 3.05) is 26.8 Å². The van der Waals surface area contributed by atoms with Gasteiger partial charge >= 0.3 is 0 Å². The van der Waals surface area contributed by atoms with E-state index in [1.165, 1.54) is 5.56 Å². The third-order valence-electron chi connectivity index (χ3n) is 5.47. The van der Waals surface area contributed by atoms with Crippen molar-refractivity contribution in [2.45, 2.75) is 33.0 Å². The number of nitrogens with zero attached hydrogens (tertiary/aromatic N) is 1. The fourth-order valence-electron chi connectivity index (χ4n) is 4.01. The molecule has 3 aromatic rings. The number of nitrogens with one attached hydrogen (secondary N) is 1. The molecule has 0 aliphatic carbocycles. The van der Waals surface area contributed by atoms with Crippen LogP contribution in [0.15, 0.2) is 46.9 Å². The number of carbonyl (C=O) groups excluding carboxylic acids is 1. The molecule has 6 heteroatoms. The Balaban J connectivity index is 1.44. The van der Waals surface area contributed by atoms with Crippen molar-refractivity contribution in [2.24, 2.45) is 0 Å². The van der Waals surface area contributed by atoms with Crippen LogP contribution in [0.3, 0.4) is 0 Å². The summed E-state index contributed by atoms with van der Waals surface area (Å²) in [4.78, 5) is 15.3. The molecule has 30 heavy (non-hydrogen) atoms. The van der Waals surface area contributed by atoms with E-state index in [2.05, 4.69) is 29.3 Å². The molecule has 1 unspecified atom stereocenters. The van der Waals surface area contributed by atoms with Gasteiger partial charge in [0.05, 0.1) is 25.4 Å². The number of methoxy groups -OCH3 is 1. The number of rotatable bonds is 6. The van der Waals surface area contributed by atoms with Gasteiger partial charge in [-0.15, -0.1) is 0 Å². The normalized spacial score (nSPS) is 17.2. The second-order valence-corrected chi connectivity index (χ2v) is 7.81. The van der Waals surface area contributed by atoms with Crippen LogP contribution in [0, 0.1) is 6.92 Å². The highest BCUT2D eigenvalue weighted by molar-refractivity contribution is 6.07. The van der Waals surface area contributed by atoms with Gasteiger partial charge in [0.25, 0.3) is 5.91 Å². The van der Waals surface area contributed by atoms with Crippen molar-refractivity contribution in [3.05, 3.63) is 64.9 Å². The topological polar surface area (TPSA) is 63.9 Å². The van der Waals surface area contributed by atoms with Crippen LogP contribution in [0.1, 0.15) is 34.2 Å². The molecule has 4 rings (SSSR count). The summed E-state index contributed by atoms with van der Waals surface area (Å²) in [6, 6.07) is 13.9. The second kappa shape index (κ2) is 8.90. The summed E-state index contributed by atoms with van der Waals surface area (Å²) in [5, 5.41) is 3.80. The van der Waals surface area contributed by atoms with E-state index >= 15 is 0 Å². The summed E-state index contributed by atoms with van der Waals surface area (Å²) in [5.41, 5.74) is 3.55. The van der Waals surface area contributed by atoms with E-state index in [1.54, 1.807) is 7.11 Å². The van der Waals surface area contributed by atoms with E-state index in [9.17, 15) is 4.79 Å². The first kappa shape index (κ1) is 20.4. The molecule has 1 saturated heterocycles. The van der Waals surface area contributed by atoms with Crippen molar-refractivity contribution >= 4 is 16.9 Å². The Morgan fingerprint density at radius 2 is 2.07 bits per heavy atom. The van der Waals surface area contributed by atoms with Gasteiger partial charge in [0.2, 0.25) is 0 Å². The molecule has 0 spiro atoms. The number of aryl methyl sites for hydroxylation is 1. The summed E-state index contributed by atoms with van der Waals surface area (Å²) in [6.07, 6.45) is 0.271. The highest BCUT2D eigenvalue weighted by atomic mass is 16.5. The molecule has 1 aliphatic heterocycles. The van der Waals surface area contributed by atoms with Crippen LogP contribution in [0.4, 0.5) is 0 Å². The van der Waals surface area contributed by atoms with E-state index in [4.69, 9.17) is 13.9 Å². The molecule has 1 N–H and O–H groups in total. The summed E-state index contributed by atoms with van der Waals surface area (Å²) in [6.45, 7) is 7.93. The maximum atomic E-state index is 12.9. The Morgan fingerprint density at radius 3 is 2.87 bits per heavy atom. The zero-order chi connectivity index (χ0) is 21.1. The Morgan fingerprint density at radius 1 is 1.23 bits per heavy atom. The van der Waals surface area contributed by atoms with Crippen molar-refractivity contribution in [3.63, 3.8) is 0 Å². The average molecular weight is 408 g/mol. The van der Waals surface area contributed by atoms with Crippen LogP contribution < -0.4 is 10.1 Å². The van der Waals surface area contributed by atoms with Crippen LogP contribution in [0.25, 0.3) is 11.0 Å². The zero-order valence-electron chi connectivity index (χ0n) is 17.7. The van der Waals surface area contributed by atoms with Gasteiger partial charge in [0.1, 0.15) is 17.1 Å². The standard InChI is InChI=1S/C24H28N2O4/c1-16-14-26(9-10-29-16)15-19-6-4-5-18(11-19)13-25-24(27)23-17(2)30-22-8-7-20(28-3)12-21(22)23/h4-8,11-12,16H,9-10,13-15H2,1-3H3,(H,25,27). The van der Waals surface area contributed by atoms with E-state index in [1.807, 2.05) is 37.3 Å². The van der Waals surface area contributed by atoms with Gasteiger partial charge < -0.3 is 19.2 Å². The van der Waals surface area contributed by atoms with Gasteiger partial charge in [-0.1, -0.05) is 24.3 Å². The highest BCUT2D eigenvalue weighted by Crippen LogP contribution is 2.29. The predicted molar refractivity (Wildman–Crippen MR) is 116 cm³/mol.